The summed E-state index contributed by atoms with van der Waals surface area (Å²) in [6, 6.07) is 2.74. The van der Waals surface area contributed by atoms with Crippen LogP contribution in [0.4, 0.5) is 10.5 Å². The summed E-state index contributed by atoms with van der Waals surface area (Å²) in [5.74, 6) is -0.606. The fourth-order valence-corrected chi connectivity index (χ4v) is 3.46. The van der Waals surface area contributed by atoms with Crippen LogP contribution in [0.15, 0.2) is 29.5 Å². The molecule has 0 aromatic heterocycles. The minimum atomic E-state index is -0.908. The van der Waals surface area contributed by atoms with E-state index < -0.39 is 23.0 Å². The first-order chi connectivity index (χ1) is 13.9. The van der Waals surface area contributed by atoms with Gasteiger partial charge in [0.25, 0.3) is 5.69 Å². The Balaban J connectivity index is 2.04. The van der Waals surface area contributed by atoms with Gasteiger partial charge in [-0.25, -0.2) is 9.59 Å². The maximum atomic E-state index is 12.8. The van der Waals surface area contributed by atoms with E-state index in [0.29, 0.717) is 44.1 Å². The number of rotatable bonds is 6. The molecule has 2 heterocycles. The molecular weight excluding hydrogens is 404 g/mol. The molecule has 0 spiro atoms. The van der Waals surface area contributed by atoms with Crippen LogP contribution in [-0.4, -0.2) is 61.3 Å². The van der Waals surface area contributed by atoms with Crippen molar-refractivity contribution in [2.24, 2.45) is 0 Å². The second-order valence-corrected chi connectivity index (χ2v) is 6.91. The Labute approximate surface area is 171 Å². The van der Waals surface area contributed by atoms with Crippen molar-refractivity contribution < 1.29 is 24.0 Å². The zero-order chi connectivity index (χ0) is 21.0. The minimum absolute atomic E-state index is 0.0331. The lowest BCUT2D eigenvalue weighted by molar-refractivity contribution is -0.384. The Morgan fingerprint density at radius 2 is 2.14 bits per heavy atom. The summed E-state index contributed by atoms with van der Waals surface area (Å²) in [6.07, 6.45) is 0. The number of hydrogen-bond donors (Lipinski definition) is 2. The molecule has 0 radical (unpaired) electrons. The van der Waals surface area contributed by atoms with Crippen molar-refractivity contribution in [1.82, 2.24) is 15.5 Å². The van der Waals surface area contributed by atoms with Gasteiger partial charge in [0.05, 0.1) is 36.4 Å². The Hall–Kier alpha value is -2.69. The molecule has 2 amide bonds. The number of halogens is 1. The first-order valence-electron chi connectivity index (χ1n) is 9.12. The van der Waals surface area contributed by atoms with Crippen molar-refractivity contribution in [1.29, 1.82) is 0 Å². The van der Waals surface area contributed by atoms with E-state index in [9.17, 15) is 19.7 Å². The van der Waals surface area contributed by atoms with Gasteiger partial charge in [0, 0.05) is 31.4 Å². The number of nitrogens with zero attached hydrogens (tertiary/aromatic N) is 2. The number of amides is 2. The van der Waals surface area contributed by atoms with Gasteiger partial charge in [0.1, 0.15) is 5.02 Å². The number of nitro groups is 1. The number of carbonyl (C=O) groups excluding carboxylic acids is 2. The highest BCUT2D eigenvalue weighted by Crippen LogP contribution is 2.33. The second-order valence-electron chi connectivity index (χ2n) is 6.50. The predicted molar refractivity (Wildman–Crippen MR) is 103 cm³/mol. The normalized spacial score (nSPS) is 20.1. The van der Waals surface area contributed by atoms with Gasteiger partial charge in [0.2, 0.25) is 0 Å². The Morgan fingerprint density at radius 1 is 1.41 bits per heavy atom. The lowest BCUT2D eigenvalue weighted by Crippen LogP contribution is -2.49. The summed E-state index contributed by atoms with van der Waals surface area (Å²) < 4.78 is 10.5. The lowest BCUT2D eigenvalue weighted by atomic mass is 9.94. The van der Waals surface area contributed by atoms with Crippen LogP contribution in [0.5, 0.6) is 0 Å². The van der Waals surface area contributed by atoms with Crippen molar-refractivity contribution in [2.45, 2.75) is 13.0 Å². The van der Waals surface area contributed by atoms with E-state index in [4.69, 9.17) is 21.1 Å². The largest absolute Gasteiger partial charge is 0.463 e. The van der Waals surface area contributed by atoms with Crippen molar-refractivity contribution >= 4 is 29.3 Å². The molecule has 0 unspecified atom stereocenters. The number of nitro benzene ring substituents is 1. The standard InChI is InChI=1S/C18H21ClN4O6/c1-2-29-17(24)15-13(10-22-5-7-28-8-6-22)20-18(25)21-16(15)11-3-4-12(19)14(9-11)23(26)27/h3-4,9,16H,2,5-8,10H2,1H3,(H2,20,21,25)/t16-/m1/s1. The van der Waals surface area contributed by atoms with Gasteiger partial charge >= 0.3 is 12.0 Å². The van der Waals surface area contributed by atoms with Crippen molar-refractivity contribution in [3.05, 3.63) is 50.2 Å². The zero-order valence-electron chi connectivity index (χ0n) is 15.8. The topological polar surface area (TPSA) is 123 Å². The highest BCUT2D eigenvalue weighted by atomic mass is 35.5. The molecule has 2 N–H and O–H groups in total. The SMILES string of the molecule is CCOC(=O)C1=C(CN2CCOCC2)NC(=O)N[C@@H]1c1ccc(Cl)c([N+](=O)[O-])c1. The van der Waals surface area contributed by atoms with E-state index in [2.05, 4.69) is 10.6 Å². The molecule has 0 aliphatic carbocycles. The van der Waals surface area contributed by atoms with Gasteiger partial charge in [-0.1, -0.05) is 17.7 Å². The van der Waals surface area contributed by atoms with Gasteiger partial charge in [-0.15, -0.1) is 0 Å². The summed E-state index contributed by atoms with van der Waals surface area (Å²) in [5, 5.41) is 16.6. The number of nitrogens with one attached hydrogen (secondary N) is 2. The smallest absolute Gasteiger partial charge is 0.338 e. The first kappa shape index (κ1) is 21.0. The Kier molecular flexibility index (Phi) is 6.68. The number of esters is 1. The molecule has 0 bridgehead atoms. The van der Waals surface area contributed by atoms with Crippen LogP contribution in [-0.2, 0) is 14.3 Å². The summed E-state index contributed by atoms with van der Waals surface area (Å²) in [7, 11) is 0. The van der Waals surface area contributed by atoms with Crippen LogP contribution in [0.3, 0.4) is 0 Å². The van der Waals surface area contributed by atoms with Gasteiger partial charge in [-0.05, 0) is 18.6 Å². The lowest BCUT2D eigenvalue weighted by Gasteiger charge is -2.33. The van der Waals surface area contributed by atoms with E-state index in [-0.39, 0.29) is 22.9 Å². The number of ether oxygens (including phenoxy) is 2. The maximum absolute atomic E-state index is 12.8. The maximum Gasteiger partial charge on any atom is 0.338 e. The van der Waals surface area contributed by atoms with Gasteiger partial charge in [0.15, 0.2) is 0 Å². The summed E-state index contributed by atoms with van der Waals surface area (Å²) in [5.41, 5.74) is 0.652. The quantitative estimate of drug-likeness (QED) is 0.405. The molecule has 11 heteroatoms. The fourth-order valence-electron chi connectivity index (χ4n) is 3.27. The Bertz CT molecular complexity index is 853. The number of hydrogen-bond acceptors (Lipinski definition) is 7. The fraction of sp³-hybridized carbons (Fsp3) is 0.444. The molecule has 0 saturated carbocycles. The molecule has 1 aromatic rings. The third-order valence-electron chi connectivity index (χ3n) is 4.63. The highest BCUT2D eigenvalue weighted by molar-refractivity contribution is 6.32. The van der Waals surface area contributed by atoms with E-state index in [0.717, 1.165) is 0 Å². The molecule has 1 aromatic carbocycles. The van der Waals surface area contributed by atoms with E-state index in [1.165, 1.54) is 18.2 Å². The number of urea groups is 1. The molecule has 2 aliphatic heterocycles. The van der Waals surface area contributed by atoms with Crippen LogP contribution in [0, 0.1) is 10.1 Å². The Morgan fingerprint density at radius 3 is 2.79 bits per heavy atom. The van der Waals surface area contributed by atoms with Crippen LogP contribution in [0.25, 0.3) is 0 Å². The molecule has 29 heavy (non-hydrogen) atoms. The molecule has 2 aliphatic rings. The molecule has 3 rings (SSSR count). The monoisotopic (exact) mass is 424 g/mol. The molecular formula is C18H21ClN4O6. The third kappa shape index (κ3) is 4.84. The average Bonchev–Trinajstić information content (AvgIpc) is 2.68. The average molecular weight is 425 g/mol. The number of benzene rings is 1. The van der Waals surface area contributed by atoms with Gasteiger partial charge in [-0.3, -0.25) is 15.0 Å². The molecule has 156 valence electrons. The molecule has 1 fully saturated rings. The predicted octanol–water partition coefficient (Wildman–Crippen LogP) is 1.75. The number of morpholine rings is 1. The van der Waals surface area contributed by atoms with Crippen molar-refractivity contribution in [3.8, 4) is 0 Å². The zero-order valence-corrected chi connectivity index (χ0v) is 16.5. The van der Waals surface area contributed by atoms with Crippen LogP contribution >= 0.6 is 11.6 Å². The highest BCUT2D eigenvalue weighted by Gasteiger charge is 2.35. The first-order valence-corrected chi connectivity index (χ1v) is 9.50. The van der Waals surface area contributed by atoms with Crippen LogP contribution < -0.4 is 10.6 Å². The van der Waals surface area contributed by atoms with Crippen molar-refractivity contribution in [3.63, 3.8) is 0 Å². The molecule has 1 saturated heterocycles. The molecule has 10 nitrogen and oxygen atoms in total. The second kappa shape index (κ2) is 9.21. The van der Waals surface area contributed by atoms with Gasteiger partial charge in [-0.2, -0.15) is 0 Å². The van der Waals surface area contributed by atoms with Crippen molar-refractivity contribution in [2.75, 3.05) is 39.5 Å². The summed E-state index contributed by atoms with van der Waals surface area (Å²) >= 11 is 5.90. The minimum Gasteiger partial charge on any atom is -0.463 e. The number of carbonyl (C=O) groups is 2. The van der Waals surface area contributed by atoms with Gasteiger partial charge < -0.3 is 20.1 Å². The van der Waals surface area contributed by atoms with E-state index in [1.54, 1.807) is 6.92 Å². The van der Waals surface area contributed by atoms with E-state index >= 15 is 0 Å². The summed E-state index contributed by atoms with van der Waals surface area (Å²) in [4.78, 5) is 37.7. The van der Waals surface area contributed by atoms with Crippen LogP contribution in [0.2, 0.25) is 5.02 Å². The summed E-state index contributed by atoms with van der Waals surface area (Å²) in [6.45, 7) is 4.56. The molecule has 1 atom stereocenters. The van der Waals surface area contributed by atoms with E-state index in [1.807, 2.05) is 4.90 Å². The van der Waals surface area contributed by atoms with Crippen LogP contribution in [0.1, 0.15) is 18.5 Å². The third-order valence-corrected chi connectivity index (χ3v) is 4.95.